The smallest absolute Gasteiger partial charge is 0.255 e. The number of nitrogens with zero attached hydrogens (tertiary/aromatic N) is 1. The summed E-state index contributed by atoms with van der Waals surface area (Å²) in [6.45, 7) is 2.49. The standard InChI is InChI=1S/C34H32N2O8/c1-17-20-12-13-22(36(15-18-8-4-2-5-9-18)16-19-10-6-3-7-11-19)29(39)25(20)30(40)27-24(17)28(38)21-14-23(37)26(33(35)43)31(41)34(21,44)32(27)42/h2-13,17,21,24,28,37-39,42,44H,14-16H2,1H3,(H2,35,43)/t17-,21+,24+,28+,34+/m0/s1. The van der Waals surface area contributed by atoms with E-state index in [2.05, 4.69) is 0 Å². The number of carbonyl (C=O) groups is 3. The van der Waals surface area contributed by atoms with Crippen molar-refractivity contribution in [1.82, 2.24) is 0 Å². The number of rotatable bonds is 6. The molecule has 44 heavy (non-hydrogen) atoms. The molecule has 10 nitrogen and oxygen atoms in total. The molecule has 3 aliphatic rings. The Labute approximate surface area is 253 Å². The highest BCUT2D eigenvalue weighted by Crippen LogP contribution is 2.55. The van der Waals surface area contributed by atoms with Crippen LogP contribution < -0.4 is 10.6 Å². The van der Waals surface area contributed by atoms with E-state index in [0.29, 0.717) is 24.3 Å². The van der Waals surface area contributed by atoms with E-state index in [1.54, 1.807) is 19.1 Å². The number of allylic oxidation sites excluding steroid dienone is 1. The van der Waals surface area contributed by atoms with E-state index in [9.17, 15) is 39.9 Å². The van der Waals surface area contributed by atoms with Crippen LogP contribution in [0.2, 0.25) is 0 Å². The molecular weight excluding hydrogens is 564 g/mol. The Kier molecular flexibility index (Phi) is 7.06. The first-order valence-electron chi connectivity index (χ1n) is 14.3. The van der Waals surface area contributed by atoms with Crippen molar-refractivity contribution < 1.29 is 39.9 Å². The highest BCUT2D eigenvalue weighted by Gasteiger charge is 2.64. The molecule has 0 radical (unpaired) electrons. The predicted octanol–water partition coefficient (Wildman–Crippen LogP) is 3.32. The molecule has 5 atom stereocenters. The minimum Gasteiger partial charge on any atom is -0.511 e. The van der Waals surface area contributed by atoms with Gasteiger partial charge in [-0.2, -0.15) is 0 Å². The minimum atomic E-state index is -2.88. The third kappa shape index (κ3) is 4.29. The first-order valence-corrected chi connectivity index (χ1v) is 14.3. The van der Waals surface area contributed by atoms with Gasteiger partial charge in [-0.05, 0) is 28.7 Å². The number of carbonyl (C=O) groups excluding carboxylic acids is 3. The number of benzene rings is 3. The SMILES string of the molecule is C[C@H]1c2ccc(N(Cc3ccccc3)Cc3ccccc3)c(O)c2C(=O)C2=C(O)[C@]3(O)C(=O)C(C(N)=O)=C(O)C[C@@H]3[C@@H](O)[C@@H]21. The second-order valence-electron chi connectivity index (χ2n) is 11.7. The van der Waals surface area contributed by atoms with Gasteiger partial charge in [-0.3, -0.25) is 14.4 Å². The van der Waals surface area contributed by atoms with Crippen molar-refractivity contribution in [3.8, 4) is 5.75 Å². The number of phenols is 1. The van der Waals surface area contributed by atoms with E-state index in [1.165, 1.54) is 0 Å². The quantitative estimate of drug-likeness (QED) is 0.233. The number of aromatic hydroxyl groups is 1. The Hall–Kier alpha value is -4.93. The molecule has 0 bridgehead atoms. The lowest BCUT2D eigenvalue weighted by atomic mass is 9.56. The van der Waals surface area contributed by atoms with E-state index in [0.717, 1.165) is 11.1 Å². The molecule has 0 saturated carbocycles. The lowest BCUT2D eigenvalue weighted by Crippen LogP contribution is -2.62. The molecule has 0 spiro atoms. The summed E-state index contributed by atoms with van der Waals surface area (Å²) < 4.78 is 0. The molecule has 0 heterocycles. The number of anilines is 1. The molecule has 0 aliphatic heterocycles. The van der Waals surface area contributed by atoms with Crippen molar-refractivity contribution in [3.05, 3.63) is 118 Å². The molecule has 226 valence electrons. The topological polar surface area (TPSA) is 182 Å². The first-order chi connectivity index (χ1) is 21.0. The fraction of sp³-hybridized carbons (Fsp3) is 0.265. The summed E-state index contributed by atoms with van der Waals surface area (Å²) in [7, 11) is 0. The van der Waals surface area contributed by atoms with Crippen molar-refractivity contribution in [1.29, 1.82) is 0 Å². The molecule has 6 rings (SSSR count). The van der Waals surface area contributed by atoms with Gasteiger partial charge in [0.15, 0.2) is 11.4 Å². The van der Waals surface area contributed by atoms with Crippen LogP contribution in [-0.4, -0.2) is 54.7 Å². The molecule has 3 aliphatic carbocycles. The van der Waals surface area contributed by atoms with Gasteiger partial charge in [0, 0.05) is 36.9 Å². The van der Waals surface area contributed by atoms with E-state index >= 15 is 0 Å². The normalized spacial score (nSPS) is 26.2. The number of hydrogen-bond donors (Lipinski definition) is 6. The Bertz CT molecular complexity index is 1710. The molecule has 3 aromatic carbocycles. The van der Waals surface area contributed by atoms with Gasteiger partial charge in [0.05, 0.1) is 17.4 Å². The van der Waals surface area contributed by atoms with Crippen molar-refractivity contribution in [2.45, 2.75) is 44.1 Å². The maximum Gasteiger partial charge on any atom is 0.255 e. The van der Waals surface area contributed by atoms with Gasteiger partial charge in [0.2, 0.25) is 5.78 Å². The zero-order chi connectivity index (χ0) is 31.5. The number of aliphatic hydroxyl groups is 4. The number of nitrogens with two attached hydrogens (primary N) is 1. The Morgan fingerprint density at radius 1 is 0.932 bits per heavy atom. The summed E-state index contributed by atoms with van der Waals surface area (Å²) in [6, 6.07) is 22.6. The third-order valence-electron chi connectivity index (χ3n) is 9.25. The maximum atomic E-state index is 14.2. The highest BCUT2D eigenvalue weighted by atomic mass is 16.4. The van der Waals surface area contributed by atoms with Crippen LogP contribution in [0.5, 0.6) is 5.75 Å². The van der Waals surface area contributed by atoms with E-state index in [4.69, 9.17) is 5.73 Å². The predicted molar refractivity (Wildman–Crippen MR) is 160 cm³/mol. The summed E-state index contributed by atoms with van der Waals surface area (Å²) in [5.74, 6) is -8.85. The van der Waals surface area contributed by atoms with Crippen LogP contribution in [0.15, 0.2) is 95.5 Å². The van der Waals surface area contributed by atoms with Crippen LogP contribution in [-0.2, 0) is 22.7 Å². The van der Waals surface area contributed by atoms with E-state index < -0.39 is 76.0 Å². The fourth-order valence-corrected chi connectivity index (χ4v) is 7.07. The molecule has 10 heteroatoms. The summed E-state index contributed by atoms with van der Waals surface area (Å²) in [5.41, 5.74) is 3.63. The number of hydrogen-bond acceptors (Lipinski definition) is 9. The summed E-state index contributed by atoms with van der Waals surface area (Å²) in [4.78, 5) is 41.4. The molecule has 1 amide bonds. The van der Waals surface area contributed by atoms with Gasteiger partial charge < -0.3 is 36.2 Å². The molecule has 0 unspecified atom stereocenters. The Morgan fingerprint density at radius 3 is 2.05 bits per heavy atom. The zero-order valence-corrected chi connectivity index (χ0v) is 23.8. The van der Waals surface area contributed by atoms with Crippen molar-refractivity contribution in [2.24, 2.45) is 17.6 Å². The zero-order valence-electron chi connectivity index (χ0n) is 23.8. The fourth-order valence-electron chi connectivity index (χ4n) is 7.07. The monoisotopic (exact) mass is 596 g/mol. The van der Waals surface area contributed by atoms with Crippen LogP contribution in [0.4, 0.5) is 5.69 Å². The van der Waals surface area contributed by atoms with Crippen LogP contribution in [0, 0.1) is 11.8 Å². The number of ketones is 2. The summed E-state index contributed by atoms with van der Waals surface area (Å²) in [5, 5.41) is 56.6. The van der Waals surface area contributed by atoms with Crippen LogP contribution in [0.3, 0.4) is 0 Å². The summed E-state index contributed by atoms with van der Waals surface area (Å²) in [6.07, 6.45) is -2.10. The Balaban J connectivity index is 1.49. The number of Topliss-reactive ketones (excluding diaryl/α,β-unsaturated/α-hetero) is 2. The van der Waals surface area contributed by atoms with Gasteiger partial charge in [0.25, 0.3) is 5.91 Å². The lowest BCUT2D eigenvalue weighted by molar-refractivity contribution is -0.154. The lowest BCUT2D eigenvalue weighted by Gasteiger charge is -2.50. The van der Waals surface area contributed by atoms with Gasteiger partial charge >= 0.3 is 0 Å². The number of primary amides is 1. The Morgan fingerprint density at radius 2 is 1.50 bits per heavy atom. The average molecular weight is 597 g/mol. The van der Waals surface area contributed by atoms with Gasteiger partial charge in [-0.1, -0.05) is 73.7 Å². The molecule has 0 fully saturated rings. The molecule has 7 N–H and O–H groups in total. The number of phenolic OH excluding ortho intramolecular Hbond substituents is 1. The van der Waals surface area contributed by atoms with Crippen molar-refractivity contribution in [3.63, 3.8) is 0 Å². The number of aliphatic hydroxyl groups excluding tert-OH is 3. The summed E-state index contributed by atoms with van der Waals surface area (Å²) >= 11 is 0. The minimum absolute atomic E-state index is 0.120. The molecule has 0 aromatic heterocycles. The maximum absolute atomic E-state index is 14.2. The van der Waals surface area contributed by atoms with Crippen LogP contribution in [0.1, 0.15) is 46.3 Å². The second-order valence-corrected chi connectivity index (χ2v) is 11.7. The van der Waals surface area contributed by atoms with Crippen molar-refractivity contribution in [2.75, 3.05) is 4.90 Å². The number of amides is 1. The third-order valence-corrected chi connectivity index (χ3v) is 9.25. The molecule has 0 saturated heterocycles. The molecular formula is C34H32N2O8. The van der Waals surface area contributed by atoms with E-state index in [-0.39, 0.29) is 11.3 Å². The number of fused-ring (bicyclic) bond motifs is 3. The van der Waals surface area contributed by atoms with Gasteiger partial charge in [-0.15, -0.1) is 0 Å². The van der Waals surface area contributed by atoms with E-state index in [1.807, 2.05) is 65.6 Å². The largest absolute Gasteiger partial charge is 0.511 e. The van der Waals surface area contributed by atoms with Crippen LogP contribution in [0.25, 0.3) is 0 Å². The van der Waals surface area contributed by atoms with Crippen LogP contribution >= 0.6 is 0 Å². The average Bonchev–Trinajstić information content (AvgIpc) is 3.00. The van der Waals surface area contributed by atoms with Crippen molar-refractivity contribution >= 4 is 23.2 Å². The van der Waals surface area contributed by atoms with Gasteiger partial charge in [-0.25, -0.2) is 0 Å². The molecule has 3 aromatic rings. The highest BCUT2D eigenvalue weighted by molar-refractivity contribution is 6.24. The first kappa shape index (κ1) is 29.2. The second kappa shape index (κ2) is 10.7. The van der Waals surface area contributed by atoms with Gasteiger partial charge in [0.1, 0.15) is 22.8 Å².